The Bertz CT molecular complexity index is 1460. The van der Waals surface area contributed by atoms with Gasteiger partial charge >= 0.3 is 0 Å². The summed E-state index contributed by atoms with van der Waals surface area (Å²) in [4.78, 5) is 33.4. The first kappa shape index (κ1) is 24.1. The second kappa shape index (κ2) is 9.90. The summed E-state index contributed by atoms with van der Waals surface area (Å²) in [5.74, 6) is 1.28. The molecule has 0 aliphatic carbocycles. The van der Waals surface area contributed by atoms with Gasteiger partial charge in [0, 0.05) is 49.9 Å². The van der Waals surface area contributed by atoms with E-state index in [1.54, 1.807) is 22.7 Å². The van der Waals surface area contributed by atoms with Gasteiger partial charge in [0.05, 0.1) is 31.4 Å². The summed E-state index contributed by atoms with van der Waals surface area (Å²) < 4.78 is 7.39. The topological polar surface area (TPSA) is 121 Å². The van der Waals surface area contributed by atoms with Crippen LogP contribution in [0.3, 0.4) is 0 Å². The molecule has 0 spiro atoms. The normalized spacial score (nSPS) is 19.7. The summed E-state index contributed by atoms with van der Waals surface area (Å²) in [6, 6.07) is 12.0. The Labute approximate surface area is 219 Å². The van der Waals surface area contributed by atoms with Crippen LogP contribution in [0, 0.1) is 5.92 Å². The Balaban J connectivity index is 1.32. The monoisotopic (exact) mass is 514 g/mol. The van der Waals surface area contributed by atoms with Crippen molar-refractivity contribution in [2.75, 3.05) is 43.1 Å². The molecular formula is C27H30N8O3. The van der Waals surface area contributed by atoms with Crippen molar-refractivity contribution in [2.45, 2.75) is 26.3 Å². The van der Waals surface area contributed by atoms with Gasteiger partial charge in [-0.1, -0.05) is 12.1 Å². The molecule has 2 N–H and O–H groups in total. The number of morpholine rings is 1. The number of likely N-dealkylation sites (tertiary alicyclic amines) is 1. The number of aromatic nitrogens is 5. The van der Waals surface area contributed by atoms with Crippen molar-refractivity contribution >= 4 is 34.4 Å². The van der Waals surface area contributed by atoms with E-state index in [1.165, 1.54) is 0 Å². The van der Waals surface area contributed by atoms with Crippen LogP contribution in [0.1, 0.15) is 20.3 Å². The number of hydrogen-bond donors (Lipinski definition) is 2. The van der Waals surface area contributed by atoms with Gasteiger partial charge in [0.1, 0.15) is 5.82 Å². The van der Waals surface area contributed by atoms with Crippen molar-refractivity contribution in [3.05, 3.63) is 48.8 Å². The van der Waals surface area contributed by atoms with Crippen LogP contribution in [-0.2, 0) is 14.3 Å². The highest BCUT2D eigenvalue weighted by molar-refractivity contribution is 5.96. The van der Waals surface area contributed by atoms with Crippen molar-refractivity contribution in [1.82, 2.24) is 29.9 Å². The molecule has 2 amide bonds. The predicted molar refractivity (Wildman–Crippen MR) is 143 cm³/mol. The minimum atomic E-state index is -0.190. The van der Waals surface area contributed by atoms with E-state index >= 15 is 0 Å². The second-order valence-electron chi connectivity index (χ2n) is 9.89. The van der Waals surface area contributed by atoms with E-state index in [4.69, 9.17) is 9.72 Å². The van der Waals surface area contributed by atoms with Crippen molar-refractivity contribution < 1.29 is 14.3 Å². The van der Waals surface area contributed by atoms with Gasteiger partial charge in [-0.2, -0.15) is 14.9 Å². The molecule has 11 heteroatoms. The SMILES string of the molecule is CC(=O)N1CCC(C(=O)Nc2ccc(-c3cc(N4CCOC[C@H]4C)nc4c3cnn4-c3cc[nH]n3)cc2)C1. The molecule has 4 aromatic rings. The molecule has 11 nitrogen and oxygen atoms in total. The third-order valence-corrected chi connectivity index (χ3v) is 7.36. The number of amides is 2. The lowest BCUT2D eigenvalue weighted by atomic mass is 10.0. The number of carbonyl (C=O) groups is 2. The van der Waals surface area contributed by atoms with E-state index in [-0.39, 0.29) is 23.8 Å². The quantitative estimate of drug-likeness (QED) is 0.420. The van der Waals surface area contributed by atoms with Crippen LogP contribution in [0.15, 0.2) is 48.8 Å². The molecule has 38 heavy (non-hydrogen) atoms. The molecule has 5 heterocycles. The smallest absolute Gasteiger partial charge is 0.229 e. The summed E-state index contributed by atoms with van der Waals surface area (Å²) in [6.45, 7) is 6.82. The fraction of sp³-hybridized carbons (Fsp3) is 0.370. The summed E-state index contributed by atoms with van der Waals surface area (Å²) >= 11 is 0. The molecule has 2 aliphatic heterocycles. The zero-order valence-electron chi connectivity index (χ0n) is 21.4. The van der Waals surface area contributed by atoms with Crippen LogP contribution in [0.4, 0.5) is 11.5 Å². The Morgan fingerprint density at radius 1 is 1.13 bits per heavy atom. The largest absolute Gasteiger partial charge is 0.377 e. The minimum Gasteiger partial charge on any atom is -0.377 e. The van der Waals surface area contributed by atoms with E-state index < -0.39 is 0 Å². The number of H-pyrrole nitrogens is 1. The van der Waals surface area contributed by atoms with Crippen LogP contribution in [0.25, 0.3) is 28.0 Å². The maximum absolute atomic E-state index is 12.8. The summed E-state index contributed by atoms with van der Waals surface area (Å²) in [6.07, 6.45) is 4.25. The number of pyridine rings is 1. The second-order valence-corrected chi connectivity index (χ2v) is 9.89. The highest BCUT2D eigenvalue weighted by atomic mass is 16.5. The molecule has 1 aromatic carbocycles. The number of carbonyl (C=O) groups excluding carboxylic acids is 2. The molecule has 0 bridgehead atoms. The Morgan fingerprint density at radius 3 is 2.68 bits per heavy atom. The molecule has 1 unspecified atom stereocenters. The molecule has 3 aromatic heterocycles. The average Bonchev–Trinajstić information content (AvgIpc) is 3.70. The fourth-order valence-corrected chi connectivity index (χ4v) is 5.22. The Kier molecular flexibility index (Phi) is 6.28. The van der Waals surface area contributed by atoms with Gasteiger partial charge in [-0.15, -0.1) is 0 Å². The first-order valence-corrected chi connectivity index (χ1v) is 12.9. The molecule has 196 valence electrons. The van der Waals surface area contributed by atoms with E-state index in [2.05, 4.69) is 38.5 Å². The van der Waals surface area contributed by atoms with Crippen molar-refractivity contribution in [2.24, 2.45) is 5.92 Å². The lowest BCUT2D eigenvalue weighted by Gasteiger charge is -2.34. The number of rotatable bonds is 5. The van der Waals surface area contributed by atoms with Crippen LogP contribution in [-0.4, -0.2) is 80.6 Å². The summed E-state index contributed by atoms with van der Waals surface area (Å²) in [7, 11) is 0. The molecule has 6 rings (SSSR count). The number of anilines is 2. The van der Waals surface area contributed by atoms with E-state index in [1.807, 2.05) is 36.5 Å². The molecule has 0 saturated carbocycles. The Hall–Kier alpha value is -4.25. The van der Waals surface area contributed by atoms with E-state index in [9.17, 15) is 9.59 Å². The first-order chi connectivity index (χ1) is 18.5. The van der Waals surface area contributed by atoms with Gasteiger partial charge in [0.2, 0.25) is 11.8 Å². The number of nitrogens with one attached hydrogen (secondary N) is 2. The number of ether oxygens (including phenoxy) is 1. The van der Waals surface area contributed by atoms with Crippen molar-refractivity contribution in [3.63, 3.8) is 0 Å². The first-order valence-electron chi connectivity index (χ1n) is 12.9. The minimum absolute atomic E-state index is 0.00905. The molecular weight excluding hydrogens is 484 g/mol. The average molecular weight is 515 g/mol. The third-order valence-electron chi connectivity index (χ3n) is 7.36. The lowest BCUT2D eigenvalue weighted by molar-refractivity contribution is -0.128. The maximum atomic E-state index is 12.8. The highest BCUT2D eigenvalue weighted by Gasteiger charge is 2.29. The zero-order chi connectivity index (χ0) is 26.2. The highest BCUT2D eigenvalue weighted by Crippen LogP contribution is 2.34. The van der Waals surface area contributed by atoms with Crippen LogP contribution < -0.4 is 10.2 Å². The van der Waals surface area contributed by atoms with Crippen molar-refractivity contribution in [1.29, 1.82) is 0 Å². The third kappa shape index (κ3) is 4.49. The van der Waals surface area contributed by atoms with E-state index in [0.29, 0.717) is 38.5 Å². The van der Waals surface area contributed by atoms with Gasteiger partial charge in [-0.3, -0.25) is 14.7 Å². The van der Waals surface area contributed by atoms with Crippen LogP contribution in [0.5, 0.6) is 0 Å². The number of fused-ring (bicyclic) bond motifs is 1. The van der Waals surface area contributed by atoms with Crippen LogP contribution >= 0.6 is 0 Å². The standard InChI is InChI=1S/C27H30N8O3/c1-17-16-38-12-11-34(17)25-13-22(23-14-29-35(26(23)31-25)24-7-9-28-32-24)19-3-5-21(6-4-19)30-27(37)20-8-10-33(15-20)18(2)36/h3-7,9,13-14,17,20H,8,10-12,15-16H2,1-2H3,(H,28,32)(H,30,37)/t17-,20?/m1/s1. The van der Waals surface area contributed by atoms with E-state index in [0.717, 1.165) is 40.2 Å². The van der Waals surface area contributed by atoms with Gasteiger partial charge < -0.3 is 19.9 Å². The number of benzene rings is 1. The van der Waals surface area contributed by atoms with Gasteiger partial charge in [-0.25, -0.2) is 4.98 Å². The lowest BCUT2D eigenvalue weighted by Crippen LogP contribution is -2.44. The summed E-state index contributed by atoms with van der Waals surface area (Å²) in [5, 5.41) is 15.6. The van der Waals surface area contributed by atoms with Crippen molar-refractivity contribution in [3.8, 4) is 16.9 Å². The molecule has 2 atom stereocenters. The molecule has 2 aliphatic rings. The number of hydrogen-bond acceptors (Lipinski definition) is 7. The fourth-order valence-electron chi connectivity index (χ4n) is 5.22. The van der Waals surface area contributed by atoms with Gasteiger partial charge in [0.25, 0.3) is 0 Å². The van der Waals surface area contributed by atoms with Crippen LogP contribution in [0.2, 0.25) is 0 Å². The number of nitrogens with zero attached hydrogens (tertiary/aromatic N) is 6. The molecule has 0 radical (unpaired) electrons. The Morgan fingerprint density at radius 2 is 1.97 bits per heavy atom. The zero-order valence-corrected chi connectivity index (χ0v) is 21.4. The summed E-state index contributed by atoms with van der Waals surface area (Å²) in [5.41, 5.74) is 3.43. The molecule has 2 saturated heterocycles. The predicted octanol–water partition coefficient (Wildman–Crippen LogP) is 2.84. The number of aromatic amines is 1. The molecule has 2 fully saturated rings. The maximum Gasteiger partial charge on any atom is 0.229 e. The van der Waals surface area contributed by atoms with Gasteiger partial charge in [0.15, 0.2) is 11.5 Å². The van der Waals surface area contributed by atoms with Gasteiger partial charge in [-0.05, 0) is 42.7 Å².